The molecule has 2 heterocycles. The van der Waals surface area contributed by atoms with Crippen LogP contribution in [0, 0.1) is 0 Å². The highest BCUT2D eigenvalue weighted by atomic mass is 16.7. The van der Waals surface area contributed by atoms with Crippen LogP contribution in [0.4, 0.5) is 0 Å². The van der Waals surface area contributed by atoms with E-state index in [1.54, 1.807) is 0 Å². The van der Waals surface area contributed by atoms with Gasteiger partial charge in [0.1, 0.15) is 0 Å². The van der Waals surface area contributed by atoms with Gasteiger partial charge in [0.15, 0.2) is 5.82 Å². The standard InChI is InChI=1S/C28H27BN2O2/c1-27(2)28(3,4)33-29(32-27)23-17-11-16-22(18-23)24-19-30-26(21-14-9-6-10-15-21)31-25(24)20-12-7-5-8-13-20/h5-19H,1-4H3. The van der Waals surface area contributed by atoms with Crippen LogP contribution in [0.15, 0.2) is 91.1 Å². The lowest BCUT2D eigenvalue weighted by atomic mass is 9.78. The molecule has 0 N–H and O–H groups in total. The van der Waals surface area contributed by atoms with Gasteiger partial charge in [0, 0.05) is 22.9 Å². The lowest BCUT2D eigenvalue weighted by molar-refractivity contribution is 0.00578. The van der Waals surface area contributed by atoms with Crippen LogP contribution in [0.5, 0.6) is 0 Å². The van der Waals surface area contributed by atoms with Crippen LogP contribution in [-0.4, -0.2) is 28.3 Å². The Morgan fingerprint density at radius 1 is 0.667 bits per heavy atom. The summed E-state index contributed by atoms with van der Waals surface area (Å²) < 4.78 is 12.6. The quantitative estimate of drug-likeness (QED) is 0.382. The van der Waals surface area contributed by atoms with Crippen molar-refractivity contribution in [2.45, 2.75) is 38.9 Å². The highest BCUT2D eigenvalue weighted by Gasteiger charge is 2.51. The summed E-state index contributed by atoms with van der Waals surface area (Å²) in [7, 11) is -0.417. The first-order valence-electron chi connectivity index (χ1n) is 11.3. The van der Waals surface area contributed by atoms with Gasteiger partial charge in [-0.05, 0) is 38.7 Å². The summed E-state index contributed by atoms with van der Waals surface area (Å²) in [5.41, 5.74) is 5.15. The van der Waals surface area contributed by atoms with E-state index in [0.29, 0.717) is 5.82 Å². The van der Waals surface area contributed by atoms with Gasteiger partial charge in [0.05, 0.1) is 16.9 Å². The molecule has 33 heavy (non-hydrogen) atoms. The van der Waals surface area contributed by atoms with Gasteiger partial charge in [-0.1, -0.05) is 84.9 Å². The number of aromatic nitrogens is 2. The Labute approximate surface area is 195 Å². The zero-order chi connectivity index (χ0) is 23.1. The second-order valence-corrected chi connectivity index (χ2v) is 9.40. The molecule has 4 aromatic rings. The number of rotatable bonds is 4. The molecule has 5 heteroatoms. The van der Waals surface area contributed by atoms with Crippen molar-refractivity contribution in [3.8, 4) is 33.8 Å². The first kappa shape index (κ1) is 21.6. The van der Waals surface area contributed by atoms with Crippen molar-refractivity contribution in [1.29, 1.82) is 0 Å². The van der Waals surface area contributed by atoms with Crippen molar-refractivity contribution in [2.24, 2.45) is 0 Å². The zero-order valence-corrected chi connectivity index (χ0v) is 19.4. The average molecular weight is 434 g/mol. The fourth-order valence-corrected chi connectivity index (χ4v) is 3.97. The summed E-state index contributed by atoms with van der Waals surface area (Å²) in [5.74, 6) is 0.709. The number of benzene rings is 3. The van der Waals surface area contributed by atoms with Gasteiger partial charge in [0.25, 0.3) is 0 Å². The van der Waals surface area contributed by atoms with Crippen molar-refractivity contribution >= 4 is 12.6 Å². The van der Waals surface area contributed by atoms with E-state index in [0.717, 1.165) is 33.4 Å². The van der Waals surface area contributed by atoms with Crippen molar-refractivity contribution in [2.75, 3.05) is 0 Å². The van der Waals surface area contributed by atoms with Crippen molar-refractivity contribution in [1.82, 2.24) is 9.97 Å². The van der Waals surface area contributed by atoms with Crippen LogP contribution in [0.25, 0.3) is 33.8 Å². The highest BCUT2D eigenvalue weighted by molar-refractivity contribution is 6.62. The van der Waals surface area contributed by atoms with Gasteiger partial charge in [-0.3, -0.25) is 0 Å². The predicted octanol–water partition coefficient (Wildman–Crippen LogP) is 5.78. The van der Waals surface area contributed by atoms with Crippen LogP contribution in [0.2, 0.25) is 0 Å². The number of hydrogen-bond acceptors (Lipinski definition) is 4. The predicted molar refractivity (Wildman–Crippen MR) is 134 cm³/mol. The van der Waals surface area contributed by atoms with E-state index in [-0.39, 0.29) is 11.2 Å². The van der Waals surface area contributed by atoms with Crippen LogP contribution in [0.3, 0.4) is 0 Å². The first-order valence-corrected chi connectivity index (χ1v) is 11.3. The van der Waals surface area contributed by atoms with E-state index in [1.807, 2.05) is 66.9 Å². The lowest BCUT2D eigenvalue weighted by Crippen LogP contribution is -2.41. The smallest absolute Gasteiger partial charge is 0.399 e. The molecular weight excluding hydrogens is 407 g/mol. The molecule has 0 bridgehead atoms. The molecule has 0 atom stereocenters. The van der Waals surface area contributed by atoms with E-state index in [2.05, 4.69) is 52.0 Å². The number of nitrogens with zero attached hydrogens (tertiary/aromatic N) is 2. The average Bonchev–Trinajstić information content (AvgIpc) is 3.06. The Kier molecular flexibility index (Phi) is 5.39. The van der Waals surface area contributed by atoms with Crippen LogP contribution in [-0.2, 0) is 9.31 Å². The fraction of sp³-hybridized carbons (Fsp3) is 0.214. The largest absolute Gasteiger partial charge is 0.494 e. The Morgan fingerprint density at radius 3 is 1.88 bits per heavy atom. The molecule has 1 aliphatic rings. The summed E-state index contributed by atoms with van der Waals surface area (Å²) in [5, 5.41) is 0. The molecule has 1 saturated heterocycles. The molecule has 0 amide bonds. The minimum absolute atomic E-state index is 0.386. The van der Waals surface area contributed by atoms with Crippen molar-refractivity contribution in [3.05, 3.63) is 91.1 Å². The third kappa shape index (κ3) is 4.10. The van der Waals surface area contributed by atoms with Gasteiger partial charge < -0.3 is 9.31 Å². The summed E-state index contributed by atoms with van der Waals surface area (Å²) in [4.78, 5) is 9.70. The molecule has 3 aromatic carbocycles. The van der Waals surface area contributed by atoms with Gasteiger partial charge in [-0.2, -0.15) is 0 Å². The Bertz CT molecular complexity index is 1260. The van der Waals surface area contributed by atoms with E-state index >= 15 is 0 Å². The fourth-order valence-electron chi connectivity index (χ4n) is 3.97. The van der Waals surface area contributed by atoms with Gasteiger partial charge in [-0.15, -0.1) is 0 Å². The minimum atomic E-state index is -0.417. The zero-order valence-electron chi connectivity index (χ0n) is 19.4. The minimum Gasteiger partial charge on any atom is -0.399 e. The maximum Gasteiger partial charge on any atom is 0.494 e. The molecule has 164 valence electrons. The van der Waals surface area contributed by atoms with Crippen LogP contribution in [0.1, 0.15) is 27.7 Å². The second-order valence-electron chi connectivity index (χ2n) is 9.40. The monoisotopic (exact) mass is 434 g/mol. The molecule has 4 nitrogen and oxygen atoms in total. The molecule has 0 spiro atoms. The molecule has 0 saturated carbocycles. The van der Waals surface area contributed by atoms with Crippen molar-refractivity contribution < 1.29 is 9.31 Å². The van der Waals surface area contributed by atoms with Gasteiger partial charge in [-0.25, -0.2) is 9.97 Å². The third-order valence-corrected chi connectivity index (χ3v) is 6.59. The highest BCUT2D eigenvalue weighted by Crippen LogP contribution is 2.37. The SMILES string of the molecule is CC1(C)OB(c2cccc(-c3cnc(-c4ccccc4)nc3-c3ccccc3)c2)OC1(C)C. The summed E-state index contributed by atoms with van der Waals surface area (Å²) in [6.45, 7) is 8.28. The van der Waals surface area contributed by atoms with Crippen LogP contribution >= 0.6 is 0 Å². The second kappa shape index (κ2) is 8.25. The molecule has 0 radical (unpaired) electrons. The molecule has 0 unspecified atom stereocenters. The van der Waals surface area contributed by atoms with E-state index < -0.39 is 7.12 Å². The molecule has 1 aliphatic heterocycles. The maximum absolute atomic E-state index is 6.28. The maximum atomic E-state index is 6.28. The lowest BCUT2D eigenvalue weighted by Gasteiger charge is -2.32. The molecule has 1 fully saturated rings. The molecule has 5 rings (SSSR count). The summed E-state index contributed by atoms with van der Waals surface area (Å²) in [6.07, 6.45) is 1.92. The van der Waals surface area contributed by atoms with Crippen molar-refractivity contribution in [3.63, 3.8) is 0 Å². The van der Waals surface area contributed by atoms with Gasteiger partial charge >= 0.3 is 7.12 Å². The normalized spacial score (nSPS) is 16.7. The van der Waals surface area contributed by atoms with Crippen LogP contribution < -0.4 is 5.46 Å². The first-order chi connectivity index (χ1) is 15.8. The number of hydrogen-bond donors (Lipinski definition) is 0. The van der Waals surface area contributed by atoms with E-state index in [9.17, 15) is 0 Å². The Hall–Kier alpha value is -3.28. The third-order valence-electron chi connectivity index (χ3n) is 6.59. The Morgan fingerprint density at radius 2 is 1.24 bits per heavy atom. The topological polar surface area (TPSA) is 44.2 Å². The molecular formula is C28H27BN2O2. The summed E-state index contributed by atoms with van der Waals surface area (Å²) in [6, 6.07) is 28.6. The van der Waals surface area contributed by atoms with E-state index in [1.165, 1.54) is 0 Å². The van der Waals surface area contributed by atoms with Gasteiger partial charge in [0.2, 0.25) is 0 Å². The Balaban J connectivity index is 1.59. The summed E-state index contributed by atoms with van der Waals surface area (Å²) >= 11 is 0. The molecule has 0 aliphatic carbocycles. The molecule has 1 aromatic heterocycles. The van der Waals surface area contributed by atoms with E-state index in [4.69, 9.17) is 19.3 Å².